The number of carbonyl (C=O) groups excluding carboxylic acids is 1. The van der Waals surface area contributed by atoms with E-state index >= 15 is 0 Å². The molecule has 1 aliphatic carbocycles. The average molecular weight is 624 g/mol. The fraction of sp³-hybridized carbons (Fsp3) is 0.103. The number of rotatable bonds is 2. The number of fused-ring (bicyclic) bond motifs is 3. The van der Waals surface area contributed by atoms with Crippen molar-refractivity contribution >= 4 is 50.6 Å². The van der Waals surface area contributed by atoms with Gasteiger partial charge in [0.15, 0.2) is 5.78 Å². The number of aliphatic hydroxyl groups excluding tert-OH is 1. The molecule has 6 rings (SSSR count). The summed E-state index contributed by atoms with van der Waals surface area (Å²) in [6.07, 6.45) is 5.52. The second-order valence-corrected chi connectivity index (χ2v) is 8.26. The molecule has 1 aliphatic rings. The van der Waals surface area contributed by atoms with Crippen LogP contribution in [0.1, 0.15) is 25.0 Å². The van der Waals surface area contributed by atoms with Gasteiger partial charge in [-0.05, 0) is 53.7 Å². The van der Waals surface area contributed by atoms with Gasteiger partial charge < -0.3 is 9.67 Å². The van der Waals surface area contributed by atoms with Crippen LogP contribution in [-0.2, 0) is 31.9 Å². The number of aliphatic hydroxyl groups is 1. The molecule has 2 heterocycles. The van der Waals surface area contributed by atoms with E-state index in [4.69, 9.17) is 10.1 Å². The van der Waals surface area contributed by atoms with Gasteiger partial charge in [0.1, 0.15) is 0 Å². The van der Waals surface area contributed by atoms with E-state index in [2.05, 4.69) is 84.4 Å². The number of pyridine rings is 1. The number of hydrogen-bond acceptors (Lipinski definition) is 3. The summed E-state index contributed by atoms with van der Waals surface area (Å²) < 4.78 is 2.26. The van der Waals surface area contributed by atoms with Crippen molar-refractivity contribution in [3.05, 3.63) is 89.7 Å². The van der Waals surface area contributed by atoms with E-state index in [-0.39, 0.29) is 31.6 Å². The van der Waals surface area contributed by atoms with Gasteiger partial charge in [-0.3, -0.25) is 9.78 Å². The second kappa shape index (κ2) is 9.38. The fourth-order valence-corrected chi connectivity index (χ4v) is 4.58. The maximum absolute atomic E-state index is 10.0. The summed E-state index contributed by atoms with van der Waals surface area (Å²) in [6.45, 7) is 2.85. The maximum atomic E-state index is 10.0. The quantitative estimate of drug-likeness (QED) is 0.130. The van der Waals surface area contributed by atoms with Crippen LogP contribution in [0.4, 0.5) is 0 Å². The molecule has 0 saturated heterocycles. The number of benzene rings is 3. The van der Waals surface area contributed by atoms with E-state index in [0.29, 0.717) is 0 Å². The Labute approximate surface area is 211 Å². The van der Waals surface area contributed by atoms with E-state index in [1.165, 1.54) is 58.2 Å². The van der Waals surface area contributed by atoms with Crippen LogP contribution in [0, 0.1) is 6.07 Å². The molecular formula is C29H23IrN2O2-. The Morgan fingerprint density at radius 2 is 1.76 bits per heavy atom. The molecule has 0 unspecified atom stereocenters. The number of nitrogens with zero attached hydrogens (tertiary/aromatic N) is 2. The minimum absolute atomic E-state index is 0. The summed E-state index contributed by atoms with van der Waals surface area (Å²) in [5.41, 5.74) is 8.00. The SMILES string of the molecule is CC(=O)/C=C(/C)O.Cn1c2ccccc2c2cc[c-]c(-c3cc4c5c(cccc5n3)C=C4)c21.[Ir]. The molecule has 0 spiro atoms. The van der Waals surface area contributed by atoms with E-state index in [1.807, 2.05) is 6.07 Å². The first kappa shape index (κ1) is 23.6. The fourth-order valence-electron chi connectivity index (χ4n) is 4.58. The number of allylic oxidation sites excluding steroid dienone is 2. The van der Waals surface area contributed by atoms with E-state index < -0.39 is 0 Å². The third-order valence-electron chi connectivity index (χ3n) is 5.87. The number of hydrogen-bond donors (Lipinski definition) is 1. The Bertz CT molecular complexity index is 1620. The summed E-state index contributed by atoms with van der Waals surface area (Å²) in [4.78, 5) is 15.0. The molecule has 0 amide bonds. The minimum atomic E-state index is -0.125. The van der Waals surface area contributed by atoms with Crippen molar-refractivity contribution in [2.45, 2.75) is 13.8 Å². The topological polar surface area (TPSA) is 55.1 Å². The molecule has 1 N–H and O–H groups in total. The van der Waals surface area contributed by atoms with Crippen molar-refractivity contribution < 1.29 is 30.0 Å². The van der Waals surface area contributed by atoms with Gasteiger partial charge in [0, 0.05) is 44.1 Å². The van der Waals surface area contributed by atoms with Crippen LogP contribution in [0.3, 0.4) is 0 Å². The predicted molar refractivity (Wildman–Crippen MR) is 136 cm³/mol. The predicted octanol–water partition coefficient (Wildman–Crippen LogP) is 6.87. The molecule has 0 atom stereocenters. The van der Waals surface area contributed by atoms with Crippen molar-refractivity contribution in [2.75, 3.05) is 0 Å². The summed E-state index contributed by atoms with van der Waals surface area (Å²) >= 11 is 0. The number of aryl methyl sites for hydroxylation is 1. The summed E-state index contributed by atoms with van der Waals surface area (Å²) in [6, 6.07) is 24.7. The third kappa shape index (κ3) is 4.09. The van der Waals surface area contributed by atoms with Gasteiger partial charge in [-0.1, -0.05) is 53.9 Å². The molecule has 5 aromatic rings. The Kier molecular flexibility index (Phi) is 6.51. The van der Waals surface area contributed by atoms with Crippen LogP contribution in [0.25, 0.3) is 56.1 Å². The van der Waals surface area contributed by atoms with Crippen LogP contribution >= 0.6 is 0 Å². The number of para-hydroxylation sites is 1. The monoisotopic (exact) mass is 624 g/mol. The largest absolute Gasteiger partial charge is 0.512 e. The molecule has 0 bridgehead atoms. The standard InChI is InChI=1S/C24H15N2.C5H8O2.Ir/c1-26-22-11-3-2-7-17(22)18-8-5-9-19(24(18)26)21-14-16-13-12-15-6-4-10-20(25-21)23(15)16;1-4(6)3-5(2)7;/h2-8,10-14H,1H3;3,6H,1-2H3;/q-1;;/b;4-3-;. The number of carbonyl (C=O) groups is 1. The van der Waals surface area contributed by atoms with Gasteiger partial charge >= 0.3 is 0 Å². The molecule has 0 aliphatic heterocycles. The van der Waals surface area contributed by atoms with Crippen LogP contribution in [-0.4, -0.2) is 20.4 Å². The molecule has 3 aromatic carbocycles. The second-order valence-electron chi connectivity index (χ2n) is 8.26. The van der Waals surface area contributed by atoms with Crippen molar-refractivity contribution in [1.82, 2.24) is 9.55 Å². The zero-order valence-electron chi connectivity index (χ0n) is 19.1. The molecular weight excluding hydrogens is 601 g/mol. The number of ketones is 1. The maximum Gasteiger partial charge on any atom is 0.155 e. The zero-order chi connectivity index (χ0) is 23.1. The van der Waals surface area contributed by atoms with Gasteiger partial charge in [0.25, 0.3) is 0 Å². The van der Waals surface area contributed by atoms with Gasteiger partial charge in [-0.15, -0.1) is 23.8 Å². The first-order valence-electron chi connectivity index (χ1n) is 10.8. The van der Waals surface area contributed by atoms with Crippen molar-refractivity contribution in [2.24, 2.45) is 7.05 Å². The van der Waals surface area contributed by atoms with Gasteiger partial charge in [-0.25, -0.2) is 0 Å². The average Bonchev–Trinajstić information content (AvgIpc) is 3.34. The Hall–Kier alpha value is -3.53. The van der Waals surface area contributed by atoms with Gasteiger partial charge in [0.2, 0.25) is 0 Å². The first-order chi connectivity index (χ1) is 15.9. The Morgan fingerprint density at radius 1 is 1.00 bits per heavy atom. The third-order valence-corrected chi connectivity index (χ3v) is 5.87. The zero-order valence-corrected chi connectivity index (χ0v) is 21.5. The molecule has 0 saturated carbocycles. The molecule has 5 heteroatoms. The molecule has 2 aromatic heterocycles. The van der Waals surface area contributed by atoms with Crippen LogP contribution in [0.15, 0.2) is 72.5 Å². The smallest absolute Gasteiger partial charge is 0.155 e. The van der Waals surface area contributed by atoms with Crippen molar-refractivity contribution in [1.29, 1.82) is 0 Å². The first-order valence-corrected chi connectivity index (χ1v) is 10.8. The normalized spacial score (nSPS) is 12.0. The van der Waals surface area contributed by atoms with Gasteiger partial charge in [-0.2, -0.15) is 0 Å². The van der Waals surface area contributed by atoms with Crippen molar-refractivity contribution in [3.63, 3.8) is 0 Å². The van der Waals surface area contributed by atoms with E-state index in [1.54, 1.807) is 0 Å². The molecule has 4 nitrogen and oxygen atoms in total. The van der Waals surface area contributed by atoms with Crippen LogP contribution < -0.4 is 0 Å². The minimum Gasteiger partial charge on any atom is -0.512 e. The van der Waals surface area contributed by atoms with Crippen molar-refractivity contribution in [3.8, 4) is 11.3 Å². The molecule has 0 fully saturated rings. The molecule has 34 heavy (non-hydrogen) atoms. The van der Waals surface area contributed by atoms with Crippen LogP contribution in [0.2, 0.25) is 0 Å². The Morgan fingerprint density at radius 3 is 2.50 bits per heavy atom. The summed E-state index contributed by atoms with van der Waals surface area (Å²) in [5.74, 6) is -0.0625. The molecule has 171 valence electrons. The summed E-state index contributed by atoms with van der Waals surface area (Å²) in [7, 11) is 2.13. The van der Waals surface area contributed by atoms with E-state index in [0.717, 1.165) is 16.8 Å². The van der Waals surface area contributed by atoms with E-state index in [9.17, 15) is 4.79 Å². The van der Waals surface area contributed by atoms with Crippen LogP contribution in [0.5, 0.6) is 0 Å². The number of aromatic nitrogens is 2. The molecule has 1 radical (unpaired) electrons. The summed E-state index contributed by atoms with van der Waals surface area (Å²) in [5, 5.41) is 12.1. The Balaban J connectivity index is 0.000000303. The van der Waals surface area contributed by atoms with Gasteiger partial charge in [0.05, 0.1) is 11.3 Å².